The highest BCUT2D eigenvalue weighted by atomic mass is 16.5. The topological polar surface area (TPSA) is 72.6 Å². The summed E-state index contributed by atoms with van der Waals surface area (Å²) >= 11 is 0. The molecule has 1 N–H and O–H groups in total. The molecule has 2 aliphatic rings. The number of aliphatic hydroxyl groups excluding tert-OH is 1. The summed E-state index contributed by atoms with van der Waals surface area (Å²) in [5.74, 6) is 3.90. The molecule has 4 rings (SSSR count). The highest BCUT2D eigenvalue weighted by molar-refractivity contribution is 5.82. The zero-order chi connectivity index (χ0) is 26.0. The molecule has 5 heteroatoms. The summed E-state index contributed by atoms with van der Waals surface area (Å²) in [6, 6.07) is 4.07. The lowest BCUT2D eigenvalue weighted by Crippen LogP contribution is -2.26. The minimum Gasteiger partial charge on any atom is -0.496 e. The van der Waals surface area contributed by atoms with Crippen molar-refractivity contribution in [2.45, 2.75) is 110 Å². The predicted molar refractivity (Wildman–Crippen MR) is 143 cm³/mol. The van der Waals surface area contributed by atoms with E-state index in [1.165, 1.54) is 37.7 Å². The van der Waals surface area contributed by atoms with Crippen LogP contribution in [0.3, 0.4) is 0 Å². The van der Waals surface area contributed by atoms with E-state index in [2.05, 4.69) is 25.9 Å². The molecule has 2 aromatic rings. The van der Waals surface area contributed by atoms with Gasteiger partial charge in [-0.1, -0.05) is 38.1 Å². The second kappa shape index (κ2) is 11.1. The Morgan fingerprint density at radius 3 is 2.53 bits per heavy atom. The molecule has 2 aliphatic carbocycles. The number of benzene rings is 1. The Labute approximate surface area is 217 Å². The number of aryl methyl sites for hydroxylation is 1. The molecule has 2 saturated carbocycles. The van der Waals surface area contributed by atoms with Crippen LogP contribution in [0.4, 0.5) is 0 Å². The molecule has 0 unspecified atom stereocenters. The quantitative estimate of drug-likeness (QED) is 0.338. The Morgan fingerprint density at radius 1 is 1.19 bits per heavy atom. The molecule has 0 spiro atoms. The van der Waals surface area contributed by atoms with Crippen LogP contribution < -0.4 is 4.74 Å². The zero-order valence-corrected chi connectivity index (χ0v) is 23.2. The maximum atomic E-state index is 13.3. The van der Waals surface area contributed by atoms with Crippen LogP contribution in [0.1, 0.15) is 124 Å². The van der Waals surface area contributed by atoms with Gasteiger partial charge in [0.15, 0.2) is 0 Å². The molecule has 198 valence electrons. The monoisotopic (exact) mass is 495 g/mol. The number of ketones is 1. The lowest BCUT2D eigenvalue weighted by Gasteiger charge is -2.38. The van der Waals surface area contributed by atoms with Crippen molar-refractivity contribution in [3.63, 3.8) is 0 Å². The third-order valence-electron chi connectivity index (χ3n) is 8.16. The summed E-state index contributed by atoms with van der Waals surface area (Å²) in [5.41, 5.74) is 5.79. The average Bonchev–Trinajstić information content (AvgIpc) is 3.53. The third-order valence-corrected chi connectivity index (χ3v) is 8.16. The number of ether oxygens (including phenoxy) is 1. The van der Waals surface area contributed by atoms with Crippen LogP contribution in [-0.4, -0.2) is 29.8 Å². The molecule has 0 amide bonds. The van der Waals surface area contributed by atoms with Gasteiger partial charge in [-0.2, -0.15) is 0 Å². The number of hydrogen-bond donors (Lipinski definition) is 1. The van der Waals surface area contributed by atoms with E-state index >= 15 is 0 Å². The van der Waals surface area contributed by atoms with Crippen LogP contribution in [0.25, 0.3) is 0 Å². The highest BCUT2D eigenvalue weighted by Gasteiger charge is 2.42. The lowest BCUT2D eigenvalue weighted by molar-refractivity contribution is -0.118. The van der Waals surface area contributed by atoms with Crippen LogP contribution in [0.5, 0.6) is 5.75 Å². The van der Waals surface area contributed by atoms with E-state index in [-0.39, 0.29) is 18.3 Å². The van der Waals surface area contributed by atoms with E-state index in [4.69, 9.17) is 9.26 Å². The van der Waals surface area contributed by atoms with Gasteiger partial charge < -0.3 is 14.4 Å². The number of aliphatic hydroxyl groups is 1. The zero-order valence-electron chi connectivity index (χ0n) is 23.2. The molecule has 36 heavy (non-hydrogen) atoms. The van der Waals surface area contributed by atoms with Gasteiger partial charge in [-0.15, -0.1) is 0 Å². The molecule has 0 bridgehead atoms. The number of aromatic nitrogens is 1. The van der Waals surface area contributed by atoms with Crippen molar-refractivity contribution in [3.05, 3.63) is 45.8 Å². The fraction of sp³-hybridized carbons (Fsp3) is 0.677. The van der Waals surface area contributed by atoms with Crippen LogP contribution in [-0.2, 0) is 11.2 Å². The lowest BCUT2D eigenvalue weighted by atomic mass is 9.66. The van der Waals surface area contributed by atoms with Gasteiger partial charge in [-0.25, -0.2) is 0 Å². The van der Waals surface area contributed by atoms with E-state index in [0.717, 1.165) is 46.2 Å². The molecule has 1 aromatic carbocycles. The summed E-state index contributed by atoms with van der Waals surface area (Å²) in [6.45, 7) is 11.1. The first-order valence-electron chi connectivity index (χ1n) is 13.9. The molecule has 0 aliphatic heterocycles. The van der Waals surface area contributed by atoms with E-state index in [1.807, 2.05) is 26.0 Å². The Balaban J connectivity index is 1.51. The summed E-state index contributed by atoms with van der Waals surface area (Å²) in [7, 11) is 1.68. The molecule has 1 aromatic heterocycles. The SMILES string of the molecule is COc1c(C)ccc(CC(=O)C[C@H](CCCO)c2noc(C3CC(CC(C)(C)C)C3)c2C2CC2)c1C. The van der Waals surface area contributed by atoms with Crippen molar-refractivity contribution in [1.29, 1.82) is 0 Å². The smallest absolute Gasteiger partial charge is 0.143 e. The number of Topliss-reactive ketones (excluding diaryl/α,β-unsaturated/α-hetero) is 1. The van der Waals surface area contributed by atoms with Crippen molar-refractivity contribution in [2.75, 3.05) is 13.7 Å². The number of carbonyl (C=O) groups is 1. The van der Waals surface area contributed by atoms with Crippen molar-refractivity contribution in [3.8, 4) is 5.75 Å². The molecule has 0 saturated heterocycles. The highest BCUT2D eigenvalue weighted by Crippen LogP contribution is 2.53. The van der Waals surface area contributed by atoms with Gasteiger partial charge in [-0.05, 0) is 92.7 Å². The molecule has 1 heterocycles. The maximum Gasteiger partial charge on any atom is 0.143 e. The summed E-state index contributed by atoms with van der Waals surface area (Å²) in [6.07, 6.45) is 8.21. The first kappa shape index (κ1) is 26.9. The summed E-state index contributed by atoms with van der Waals surface area (Å²) in [4.78, 5) is 13.3. The van der Waals surface area contributed by atoms with Crippen LogP contribution in [0, 0.1) is 25.2 Å². The Kier molecular flexibility index (Phi) is 8.28. The minimum atomic E-state index is -0.00384. The summed E-state index contributed by atoms with van der Waals surface area (Å²) < 4.78 is 11.6. The van der Waals surface area contributed by atoms with E-state index in [0.29, 0.717) is 36.5 Å². The number of hydrogen-bond acceptors (Lipinski definition) is 5. The van der Waals surface area contributed by atoms with Crippen molar-refractivity contribution >= 4 is 5.78 Å². The minimum absolute atomic E-state index is 0.00384. The van der Waals surface area contributed by atoms with E-state index < -0.39 is 0 Å². The first-order chi connectivity index (χ1) is 17.1. The summed E-state index contributed by atoms with van der Waals surface area (Å²) in [5, 5.41) is 14.2. The molecular weight excluding hydrogens is 450 g/mol. The number of rotatable bonds is 12. The molecule has 5 nitrogen and oxygen atoms in total. The van der Waals surface area contributed by atoms with Crippen LogP contribution >= 0.6 is 0 Å². The van der Waals surface area contributed by atoms with Gasteiger partial charge in [-0.3, -0.25) is 4.79 Å². The Hall–Kier alpha value is -2.14. The van der Waals surface area contributed by atoms with E-state index in [1.54, 1.807) is 7.11 Å². The van der Waals surface area contributed by atoms with Gasteiger partial charge in [0.25, 0.3) is 0 Å². The van der Waals surface area contributed by atoms with Gasteiger partial charge in [0.05, 0.1) is 12.8 Å². The predicted octanol–water partition coefficient (Wildman–Crippen LogP) is 7.17. The molecular formula is C31H45NO4. The second-order valence-corrected chi connectivity index (χ2v) is 12.6. The fourth-order valence-corrected chi connectivity index (χ4v) is 6.28. The number of carbonyl (C=O) groups excluding carboxylic acids is 1. The molecule has 1 atom stereocenters. The van der Waals surface area contributed by atoms with Crippen molar-refractivity contribution < 1.29 is 19.2 Å². The van der Waals surface area contributed by atoms with Crippen LogP contribution in [0.2, 0.25) is 0 Å². The maximum absolute atomic E-state index is 13.3. The fourth-order valence-electron chi connectivity index (χ4n) is 6.28. The van der Waals surface area contributed by atoms with Gasteiger partial charge >= 0.3 is 0 Å². The van der Waals surface area contributed by atoms with Crippen molar-refractivity contribution in [2.24, 2.45) is 11.3 Å². The third kappa shape index (κ3) is 6.22. The molecule has 0 radical (unpaired) electrons. The standard InChI is InChI=1S/C31H45NO4/c1-19-9-10-23(20(2)29(19)35-6)16-26(34)17-24(8-7-13-33)28-27(22-11-12-22)30(36-32-28)25-14-21(15-25)18-31(3,4)5/h9-10,21-22,24-25,33H,7-8,11-18H2,1-6H3/t21?,24-,25?/m0/s1. The van der Waals surface area contributed by atoms with Crippen molar-refractivity contribution in [1.82, 2.24) is 5.16 Å². The largest absolute Gasteiger partial charge is 0.496 e. The van der Waals surface area contributed by atoms with E-state index in [9.17, 15) is 9.90 Å². The molecule has 2 fully saturated rings. The van der Waals surface area contributed by atoms with Gasteiger partial charge in [0, 0.05) is 36.8 Å². The van der Waals surface area contributed by atoms with Crippen LogP contribution in [0.15, 0.2) is 16.7 Å². The number of nitrogens with zero attached hydrogens (tertiary/aromatic N) is 1. The Morgan fingerprint density at radius 2 is 1.92 bits per heavy atom. The normalized spacial score (nSPS) is 20.8. The average molecular weight is 496 g/mol. The number of methoxy groups -OCH3 is 1. The Bertz CT molecular complexity index is 1050. The van der Waals surface area contributed by atoms with Gasteiger partial charge in [0.1, 0.15) is 17.3 Å². The first-order valence-corrected chi connectivity index (χ1v) is 13.9. The second-order valence-electron chi connectivity index (χ2n) is 12.6. The van der Waals surface area contributed by atoms with Gasteiger partial charge in [0.2, 0.25) is 0 Å².